The number of urea groups is 1. The smallest absolute Gasteiger partial charge is 0.315 e. The molecule has 0 radical (unpaired) electrons. The van der Waals surface area contributed by atoms with Crippen LogP contribution in [0.3, 0.4) is 0 Å². The second-order valence-electron chi connectivity index (χ2n) is 7.60. The average molecular weight is 457 g/mol. The van der Waals surface area contributed by atoms with E-state index in [1.54, 1.807) is 0 Å². The number of terminal acetylenes is 1. The molecule has 2 aliphatic rings. The Morgan fingerprint density at radius 3 is 2.29 bits per heavy atom. The van der Waals surface area contributed by atoms with Gasteiger partial charge in [0.05, 0.1) is 51.7 Å². The van der Waals surface area contributed by atoms with Gasteiger partial charge in [-0.25, -0.2) is 4.79 Å². The Morgan fingerprint density at radius 1 is 0.935 bits per heavy atom. The molecule has 2 fully saturated rings. The van der Waals surface area contributed by atoms with Crippen LogP contribution in [0, 0.1) is 12.3 Å². The first-order valence-electron chi connectivity index (χ1n) is 11.2. The van der Waals surface area contributed by atoms with Crippen molar-refractivity contribution in [2.45, 2.75) is 55.9 Å². The van der Waals surface area contributed by atoms with E-state index in [9.17, 15) is 9.59 Å². The summed E-state index contributed by atoms with van der Waals surface area (Å²) in [5.74, 6) is 3.68. The number of Topliss-reactive ketones (excluding diaryl/α,β-unsaturated/α-hetero) is 1. The summed E-state index contributed by atoms with van der Waals surface area (Å²) in [5, 5.41) is 6.43. The van der Waals surface area contributed by atoms with Crippen LogP contribution in [0.1, 0.15) is 38.5 Å². The lowest BCUT2D eigenvalue weighted by Crippen LogP contribution is -2.36. The lowest BCUT2D eigenvalue weighted by molar-refractivity contribution is -0.119. The van der Waals surface area contributed by atoms with Gasteiger partial charge < -0.3 is 29.6 Å². The molecule has 3 atom stereocenters. The predicted octanol–water partition coefficient (Wildman–Crippen LogP) is 1.76. The fourth-order valence-electron chi connectivity index (χ4n) is 3.60. The Balaban J connectivity index is 1.30. The number of hydrogen-bond donors (Lipinski definition) is 2. The van der Waals surface area contributed by atoms with E-state index in [-0.39, 0.29) is 18.1 Å². The van der Waals surface area contributed by atoms with Crippen molar-refractivity contribution in [2.75, 3.05) is 58.6 Å². The van der Waals surface area contributed by atoms with Gasteiger partial charge >= 0.3 is 6.03 Å². The highest BCUT2D eigenvalue weighted by Crippen LogP contribution is 2.33. The highest BCUT2D eigenvalue weighted by molar-refractivity contribution is 8.00. The van der Waals surface area contributed by atoms with E-state index in [0.29, 0.717) is 76.7 Å². The van der Waals surface area contributed by atoms with Gasteiger partial charge in [-0.15, -0.1) is 6.42 Å². The van der Waals surface area contributed by atoms with Crippen LogP contribution in [0.15, 0.2) is 0 Å². The highest BCUT2D eigenvalue weighted by Gasteiger charge is 2.42. The lowest BCUT2D eigenvalue weighted by atomic mass is 10.0. The maximum absolute atomic E-state index is 12.0. The third kappa shape index (κ3) is 11.2. The van der Waals surface area contributed by atoms with E-state index in [0.717, 1.165) is 31.4 Å². The molecule has 0 bridgehead atoms. The molecule has 2 heterocycles. The number of ether oxygens (including phenoxy) is 4. The summed E-state index contributed by atoms with van der Waals surface area (Å²) in [7, 11) is 0. The Kier molecular flexibility index (Phi) is 13.7. The molecular formula is C22H36N2O6S. The topological polar surface area (TPSA) is 95.1 Å². The minimum atomic E-state index is -0.0448. The van der Waals surface area contributed by atoms with Crippen LogP contribution in [-0.2, 0) is 23.7 Å². The second kappa shape index (κ2) is 16.3. The molecule has 2 aliphatic heterocycles. The molecular weight excluding hydrogens is 420 g/mol. The lowest BCUT2D eigenvalue weighted by Gasteiger charge is -2.16. The van der Waals surface area contributed by atoms with Crippen molar-refractivity contribution in [3.8, 4) is 12.3 Å². The quantitative estimate of drug-likeness (QED) is 0.174. The zero-order valence-electron chi connectivity index (χ0n) is 18.3. The number of amides is 2. The Morgan fingerprint density at radius 2 is 1.58 bits per heavy atom. The first kappa shape index (κ1) is 25.9. The summed E-state index contributed by atoms with van der Waals surface area (Å²) < 4.78 is 21.3. The summed E-state index contributed by atoms with van der Waals surface area (Å²) >= 11 is 1.92. The minimum Gasteiger partial charge on any atom is -0.379 e. The van der Waals surface area contributed by atoms with E-state index < -0.39 is 0 Å². The van der Waals surface area contributed by atoms with Gasteiger partial charge in [0, 0.05) is 30.5 Å². The summed E-state index contributed by atoms with van der Waals surface area (Å²) in [5.41, 5.74) is 0. The number of fused-ring (bicyclic) bond motifs is 1. The number of hydrogen-bond acceptors (Lipinski definition) is 7. The zero-order chi connectivity index (χ0) is 22.2. The van der Waals surface area contributed by atoms with E-state index in [1.165, 1.54) is 0 Å². The summed E-state index contributed by atoms with van der Waals surface area (Å²) in [6.07, 6.45) is 10.0. The van der Waals surface area contributed by atoms with Gasteiger partial charge in [-0.2, -0.15) is 11.8 Å². The molecule has 0 spiro atoms. The number of rotatable bonds is 19. The van der Waals surface area contributed by atoms with Crippen molar-refractivity contribution in [3.63, 3.8) is 0 Å². The predicted molar refractivity (Wildman–Crippen MR) is 120 cm³/mol. The van der Waals surface area contributed by atoms with E-state index in [4.69, 9.17) is 25.4 Å². The zero-order valence-corrected chi connectivity index (χ0v) is 19.1. The van der Waals surface area contributed by atoms with E-state index >= 15 is 0 Å². The number of thioether (sulfide) groups is 1. The number of nitrogens with one attached hydrogen (secondary N) is 2. The van der Waals surface area contributed by atoms with E-state index in [1.807, 2.05) is 11.8 Å². The molecule has 0 unspecified atom stereocenters. The number of carbonyl (C=O) groups excluding carboxylic acids is 2. The van der Waals surface area contributed by atoms with Crippen molar-refractivity contribution >= 4 is 23.6 Å². The molecule has 0 aromatic heterocycles. The van der Waals surface area contributed by atoms with Gasteiger partial charge in [0.25, 0.3) is 0 Å². The normalized spacial score (nSPS) is 22.0. The molecule has 8 nitrogen and oxygen atoms in total. The van der Waals surface area contributed by atoms with Crippen LogP contribution in [-0.4, -0.2) is 87.8 Å². The molecule has 2 amide bonds. The first-order valence-corrected chi connectivity index (χ1v) is 12.2. The van der Waals surface area contributed by atoms with Crippen LogP contribution in [0.5, 0.6) is 0 Å². The van der Waals surface area contributed by atoms with Gasteiger partial charge in [-0.05, 0) is 19.3 Å². The Bertz CT molecular complexity index is 571. The van der Waals surface area contributed by atoms with E-state index in [2.05, 4.69) is 16.6 Å². The average Bonchev–Trinajstić information content (AvgIpc) is 3.30. The maximum atomic E-state index is 12.0. The summed E-state index contributed by atoms with van der Waals surface area (Å²) in [6.45, 7) is 3.94. The van der Waals surface area contributed by atoms with Crippen molar-refractivity contribution in [2.24, 2.45) is 0 Å². The van der Waals surface area contributed by atoms with Crippen LogP contribution < -0.4 is 10.6 Å². The summed E-state index contributed by atoms with van der Waals surface area (Å²) in [6, 6.07) is 0.477. The fraction of sp³-hybridized carbons (Fsp3) is 0.818. The van der Waals surface area contributed by atoms with Gasteiger partial charge in [0.15, 0.2) is 0 Å². The number of carbonyl (C=O) groups is 2. The molecule has 0 aliphatic carbocycles. The molecule has 2 saturated heterocycles. The standard InChI is InChI=1S/C22H36N2O6S/c1-2-9-27-11-13-29-15-16-30-14-12-28-10-5-7-18(25)6-3-4-8-20-21-19(17-31-20)23-22(26)24-21/h1,19-21H,3-17H2,(H2,23,24,26)/t19-,20-,21-/m0/s1. The molecule has 0 aromatic rings. The molecule has 0 saturated carbocycles. The molecule has 2 rings (SSSR count). The van der Waals surface area contributed by atoms with Crippen molar-refractivity contribution < 1.29 is 28.5 Å². The molecule has 0 aromatic carbocycles. The minimum absolute atomic E-state index is 0.0448. The monoisotopic (exact) mass is 456 g/mol. The fourth-order valence-corrected chi connectivity index (χ4v) is 5.14. The van der Waals surface area contributed by atoms with Crippen molar-refractivity contribution in [3.05, 3.63) is 0 Å². The third-order valence-corrected chi connectivity index (χ3v) is 6.69. The molecule has 2 N–H and O–H groups in total. The van der Waals surface area contributed by atoms with Crippen molar-refractivity contribution in [1.82, 2.24) is 10.6 Å². The summed E-state index contributed by atoms with van der Waals surface area (Å²) in [4.78, 5) is 23.4. The first-order chi connectivity index (χ1) is 15.2. The maximum Gasteiger partial charge on any atom is 0.315 e. The van der Waals surface area contributed by atoms with Crippen LogP contribution >= 0.6 is 11.8 Å². The van der Waals surface area contributed by atoms with Gasteiger partial charge in [0.1, 0.15) is 12.4 Å². The van der Waals surface area contributed by atoms with Gasteiger partial charge in [-0.1, -0.05) is 12.3 Å². The second-order valence-corrected chi connectivity index (χ2v) is 8.88. The largest absolute Gasteiger partial charge is 0.379 e. The highest BCUT2D eigenvalue weighted by atomic mass is 32.2. The van der Waals surface area contributed by atoms with Gasteiger partial charge in [-0.3, -0.25) is 4.79 Å². The molecule has 9 heteroatoms. The van der Waals surface area contributed by atoms with Crippen LogP contribution in [0.25, 0.3) is 0 Å². The number of ketones is 1. The van der Waals surface area contributed by atoms with Crippen LogP contribution in [0.2, 0.25) is 0 Å². The number of unbranched alkanes of at least 4 members (excludes halogenated alkanes) is 1. The SMILES string of the molecule is C#CCOCCOCCOCCOCCCC(=O)CCCC[C@@H]1SC[C@@H]2NC(=O)N[C@@H]21. The molecule has 176 valence electrons. The van der Waals surface area contributed by atoms with Crippen molar-refractivity contribution in [1.29, 1.82) is 0 Å². The third-order valence-electron chi connectivity index (χ3n) is 5.18. The Labute approximate surface area is 189 Å². The molecule has 31 heavy (non-hydrogen) atoms. The van der Waals surface area contributed by atoms with Gasteiger partial charge in [0.2, 0.25) is 0 Å². The van der Waals surface area contributed by atoms with Crippen LogP contribution in [0.4, 0.5) is 4.79 Å². The Hall–Kier alpha value is -1.31.